The molecular formula is C26H46N4O3. The lowest BCUT2D eigenvalue weighted by molar-refractivity contribution is -0.125. The van der Waals surface area contributed by atoms with Crippen molar-refractivity contribution >= 4 is 11.9 Å². The van der Waals surface area contributed by atoms with Gasteiger partial charge < -0.3 is 26.4 Å². The first-order chi connectivity index (χ1) is 15.4. The van der Waals surface area contributed by atoms with E-state index in [4.69, 9.17) is 5.73 Å². The number of carbonyl (C=O) groups excluding carboxylic acids is 2. The number of benzene rings is 1. The van der Waals surface area contributed by atoms with Gasteiger partial charge >= 0.3 is 6.03 Å². The molecule has 0 radical (unpaired) electrons. The molecule has 5 N–H and O–H groups in total. The van der Waals surface area contributed by atoms with Crippen molar-refractivity contribution < 1.29 is 14.7 Å². The van der Waals surface area contributed by atoms with E-state index in [1.165, 1.54) is 0 Å². The molecule has 0 saturated carbocycles. The SMILES string of the molecule is CC[C@H](C)[C@H](N)C(=O)N[C@@H](Cc1ccccc1)[C@H](O)CNC(=O)N(CCC(C)C)C(C)(C)C. The fourth-order valence-corrected chi connectivity index (χ4v) is 3.50. The molecular weight excluding hydrogens is 416 g/mol. The molecule has 1 aromatic carbocycles. The fourth-order valence-electron chi connectivity index (χ4n) is 3.50. The fraction of sp³-hybridized carbons (Fsp3) is 0.692. The van der Waals surface area contributed by atoms with E-state index in [1.54, 1.807) is 4.90 Å². The highest BCUT2D eigenvalue weighted by atomic mass is 16.3. The Morgan fingerprint density at radius 2 is 1.73 bits per heavy atom. The van der Waals surface area contributed by atoms with Gasteiger partial charge in [0.25, 0.3) is 0 Å². The van der Waals surface area contributed by atoms with E-state index < -0.39 is 18.2 Å². The molecule has 0 fully saturated rings. The summed E-state index contributed by atoms with van der Waals surface area (Å²) in [5.74, 6) is 0.220. The first-order valence-corrected chi connectivity index (χ1v) is 12.2. The van der Waals surface area contributed by atoms with Crippen LogP contribution in [-0.2, 0) is 11.2 Å². The van der Waals surface area contributed by atoms with E-state index in [1.807, 2.05) is 65.0 Å². The lowest BCUT2D eigenvalue weighted by Crippen LogP contribution is -2.56. The van der Waals surface area contributed by atoms with Gasteiger partial charge in [-0.3, -0.25) is 4.79 Å². The maximum Gasteiger partial charge on any atom is 0.317 e. The van der Waals surface area contributed by atoms with Crippen molar-refractivity contribution in [1.29, 1.82) is 0 Å². The number of nitrogens with one attached hydrogen (secondary N) is 2. The van der Waals surface area contributed by atoms with Gasteiger partial charge in [0.1, 0.15) is 0 Å². The van der Waals surface area contributed by atoms with E-state index >= 15 is 0 Å². The number of hydrogen-bond donors (Lipinski definition) is 4. The zero-order valence-corrected chi connectivity index (χ0v) is 21.6. The zero-order chi connectivity index (χ0) is 25.2. The number of rotatable bonds is 12. The molecule has 0 aliphatic carbocycles. The summed E-state index contributed by atoms with van der Waals surface area (Å²) in [6.45, 7) is 14.8. The second kappa shape index (κ2) is 13.6. The van der Waals surface area contributed by atoms with Crippen LogP contribution in [0.15, 0.2) is 30.3 Å². The summed E-state index contributed by atoms with van der Waals surface area (Å²) in [6, 6.07) is 8.22. The van der Waals surface area contributed by atoms with E-state index in [2.05, 4.69) is 24.5 Å². The minimum atomic E-state index is -0.964. The van der Waals surface area contributed by atoms with Crippen molar-refractivity contribution in [2.45, 2.75) is 91.5 Å². The zero-order valence-electron chi connectivity index (χ0n) is 21.6. The number of amides is 3. The lowest BCUT2D eigenvalue weighted by Gasteiger charge is -2.36. The highest BCUT2D eigenvalue weighted by Gasteiger charge is 2.29. The standard InChI is InChI=1S/C26H46N4O3/c1-8-19(4)23(27)24(32)29-21(16-20-12-10-9-11-13-20)22(31)17-28-25(33)30(26(5,6)7)15-14-18(2)3/h9-13,18-19,21-23,31H,8,14-17,27H2,1-7H3,(H,28,33)(H,29,32)/t19-,21-,22+,23-/m0/s1. The van der Waals surface area contributed by atoms with E-state index in [9.17, 15) is 14.7 Å². The molecule has 1 aromatic rings. The van der Waals surface area contributed by atoms with E-state index in [0.29, 0.717) is 18.9 Å². The monoisotopic (exact) mass is 462 g/mol. The van der Waals surface area contributed by atoms with Crippen molar-refractivity contribution in [3.05, 3.63) is 35.9 Å². The predicted octanol–water partition coefficient (Wildman–Crippen LogP) is 3.30. The summed E-state index contributed by atoms with van der Waals surface area (Å²) in [5, 5.41) is 16.8. The Kier molecular flexibility index (Phi) is 11.9. The van der Waals surface area contributed by atoms with Gasteiger partial charge in [0.05, 0.1) is 18.2 Å². The number of carbonyl (C=O) groups is 2. The molecule has 4 atom stereocenters. The van der Waals surface area contributed by atoms with Gasteiger partial charge in [-0.05, 0) is 51.0 Å². The number of aliphatic hydroxyl groups excluding tert-OH is 1. The molecule has 33 heavy (non-hydrogen) atoms. The van der Waals surface area contributed by atoms with Gasteiger partial charge in [0, 0.05) is 18.6 Å². The van der Waals surface area contributed by atoms with E-state index in [0.717, 1.165) is 18.4 Å². The van der Waals surface area contributed by atoms with Crippen molar-refractivity contribution in [2.24, 2.45) is 17.6 Å². The molecule has 7 heteroatoms. The molecule has 0 aliphatic rings. The Morgan fingerprint density at radius 1 is 1.12 bits per heavy atom. The third-order valence-electron chi connectivity index (χ3n) is 6.10. The molecule has 0 saturated heterocycles. The highest BCUT2D eigenvalue weighted by molar-refractivity contribution is 5.82. The summed E-state index contributed by atoms with van der Waals surface area (Å²) >= 11 is 0. The van der Waals surface area contributed by atoms with Crippen LogP contribution < -0.4 is 16.4 Å². The molecule has 0 aliphatic heterocycles. The topological polar surface area (TPSA) is 108 Å². The minimum absolute atomic E-state index is 0.0283. The van der Waals surface area contributed by atoms with Crippen molar-refractivity contribution in [2.75, 3.05) is 13.1 Å². The third-order valence-corrected chi connectivity index (χ3v) is 6.10. The first kappa shape index (κ1) is 28.9. The molecule has 188 valence electrons. The number of nitrogens with two attached hydrogens (primary N) is 1. The van der Waals surface area contributed by atoms with Crippen LogP contribution in [0.2, 0.25) is 0 Å². The summed E-state index contributed by atoms with van der Waals surface area (Å²) < 4.78 is 0. The van der Waals surface area contributed by atoms with Gasteiger partial charge in [-0.1, -0.05) is 64.4 Å². The van der Waals surface area contributed by atoms with Gasteiger partial charge in [-0.25, -0.2) is 4.79 Å². The van der Waals surface area contributed by atoms with Crippen molar-refractivity contribution in [1.82, 2.24) is 15.5 Å². The van der Waals surface area contributed by atoms with Gasteiger partial charge in [0.2, 0.25) is 5.91 Å². The molecule has 1 rings (SSSR count). The summed E-state index contributed by atoms with van der Waals surface area (Å²) in [7, 11) is 0. The van der Waals surface area contributed by atoms with Crippen molar-refractivity contribution in [3.63, 3.8) is 0 Å². The van der Waals surface area contributed by atoms with Crippen LogP contribution in [0, 0.1) is 11.8 Å². The predicted molar refractivity (Wildman–Crippen MR) is 135 cm³/mol. The van der Waals surface area contributed by atoms with Gasteiger partial charge in [0.15, 0.2) is 0 Å². The van der Waals surface area contributed by atoms with Crippen LogP contribution in [-0.4, -0.2) is 58.8 Å². The van der Waals surface area contributed by atoms with Crippen LogP contribution in [0.3, 0.4) is 0 Å². The lowest BCUT2D eigenvalue weighted by atomic mass is 9.97. The Bertz CT molecular complexity index is 718. The first-order valence-electron chi connectivity index (χ1n) is 12.2. The minimum Gasteiger partial charge on any atom is -0.389 e. The Balaban J connectivity index is 2.89. The van der Waals surface area contributed by atoms with Crippen LogP contribution in [0.25, 0.3) is 0 Å². The second-order valence-electron chi connectivity index (χ2n) is 10.5. The quantitative estimate of drug-likeness (QED) is 0.382. The Hall–Kier alpha value is -2.12. The third kappa shape index (κ3) is 10.1. The summed E-state index contributed by atoms with van der Waals surface area (Å²) in [4.78, 5) is 27.5. The molecule has 7 nitrogen and oxygen atoms in total. The summed E-state index contributed by atoms with van der Waals surface area (Å²) in [6.07, 6.45) is 1.16. The van der Waals surface area contributed by atoms with E-state index in [-0.39, 0.29) is 29.9 Å². The molecule has 0 heterocycles. The number of urea groups is 1. The Morgan fingerprint density at radius 3 is 2.24 bits per heavy atom. The number of nitrogens with zero attached hydrogens (tertiary/aromatic N) is 1. The molecule has 0 aromatic heterocycles. The number of aliphatic hydroxyl groups is 1. The average Bonchev–Trinajstić information content (AvgIpc) is 2.75. The maximum absolute atomic E-state index is 12.9. The highest BCUT2D eigenvalue weighted by Crippen LogP contribution is 2.16. The molecule has 0 bridgehead atoms. The van der Waals surface area contributed by atoms with Crippen LogP contribution in [0.1, 0.15) is 66.9 Å². The normalized spacial score (nSPS) is 15.5. The van der Waals surface area contributed by atoms with Crippen LogP contribution >= 0.6 is 0 Å². The maximum atomic E-state index is 12.9. The van der Waals surface area contributed by atoms with Gasteiger partial charge in [-0.2, -0.15) is 0 Å². The average molecular weight is 463 g/mol. The Labute approximate surface area is 200 Å². The molecule has 0 spiro atoms. The number of hydrogen-bond acceptors (Lipinski definition) is 4. The van der Waals surface area contributed by atoms with Gasteiger partial charge in [-0.15, -0.1) is 0 Å². The van der Waals surface area contributed by atoms with Crippen molar-refractivity contribution in [3.8, 4) is 0 Å². The molecule has 3 amide bonds. The summed E-state index contributed by atoms with van der Waals surface area (Å²) in [5.41, 5.74) is 6.75. The van der Waals surface area contributed by atoms with Crippen LogP contribution in [0.4, 0.5) is 4.79 Å². The second-order valence-corrected chi connectivity index (χ2v) is 10.5. The molecule has 0 unspecified atom stereocenters. The smallest absolute Gasteiger partial charge is 0.317 e. The van der Waals surface area contributed by atoms with Crippen LogP contribution in [0.5, 0.6) is 0 Å². The largest absolute Gasteiger partial charge is 0.389 e.